The summed E-state index contributed by atoms with van der Waals surface area (Å²) in [5.74, 6) is 0. The molecule has 5 nitrogen and oxygen atoms in total. The van der Waals surface area contributed by atoms with Crippen LogP contribution >= 0.6 is 0 Å². The van der Waals surface area contributed by atoms with Crippen molar-refractivity contribution < 1.29 is 10.0 Å². The topological polar surface area (TPSA) is 73.0 Å². The summed E-state index contributed by atoms with van der Waals surface area (Å²) in [4.78, 5) is 5.06. The second-order valence-electron chi connectivity index (χ2n) is 6.81. The number of hydrogen-bond acceptors (Lipinski definition) is 5. The Balaban J connectivity index is 2.12. The maximum atomic E-state index is 8.83. The van der Waals surface area contributed by atoms with Gasteiger partial charge in [0.25, 0.3) is 0 Å². The van der Waals surface area contributed by atoms with Crippen LogP contribution < -0.4 is 5.73 Å². The normalized spacial score (nSPS) is 20.4. The van der Waals surface area contributed by atoms with Crippen molar-refractivity contribution in [3.8, 4) is 0 Å². The quantitative estimate of drug-likeness (QED) is 0.410. The SMILES string of the molecule is CCCN1CCN(CCC(C)(N)CCCCB(O)O)CC1. The Morgan fingerprint density at radius 3 is 2.10 bits per heavy atom. The molecular weight excluding hydrogens is 265 g/mol. The zero-order valence-corrected chi connectivity index (χ0v) is 13.9. The second-order valence-corrected chi connectivity index (χ2v) is 6.81. The molecule has 1 atom stereocenters. The van der Waals surface area contributed by atoms with Crippen LogP contribution in [0.15, 0.2) is 0 Å². The van der Waals surface area contributed by atoms with E-state index in [2.05, 4.69) is 23.6 Å². The van der Waals surface area contributed by atoms with Crippen LogP contribution in [0.2, 0.25) is 6.32 Å². The first-order chi connectivity index (χ1) is 9.93. The summed E-state index contributed by atoms with van der Waals surface area (Å²) in [7, 11) is -1.17. The van der Waals surface area contributed by atoms with Gasteiger partial charge in [0, 0.05) is 31.7 Å². The Kier molecular flexibility index (Phi) is 8.82. The predicted octanol–water partition coefficient (Wildman–Crippen LogP) is 0.765. The molecule has 21 heavy (non-hydrogen) atoms. The van der Waals surface area contributed by atoms with Crippen LogP contribution in [0.4, 0.5) is 0 Å². The van der Waals surface area contributed by atoms with Gasteiger partial charge in [-0.3, -0.25) is 0 Å². The molecule has 0 bridgehead atoms. The Hall–Kier alpha value is -0.135. The Labute approximate surface area is 130 Å². The lowest BCUT2D eigenvalue weighted by atomic mass is 9.82. The molecule has 1 heterocycles. The van der Waals surface area contributed by atoms with Crippen LogP contribution in [0.3, 0.4) is 0 Å². The van der Waals surface area contributed by atoms with Gasteiger partial charge in [0.15, 0.2) is 0 Å². The summed E-state index contributed by atoms with van der Waals surface area (Å²) >= 11 is 0. The number of nitrogens with two attached hydrogens (primary N) is 1. The van der Waals surface area contributed by atoms with Gasteiger partial charge in [-0.15, -0.1) is 0 Å². The molecule has 1 saturated heterocycles. The van der Waals surface area contributed by atoms with Crippen molar-refractivity contribution in [2.45, 2.75) is 57.8 Å². The van der Waals surface area contributed by atoms with E-state index in [0.717, 1.165) is 45.3 Å². The van der Waals surface area contributed by atoms with Gasteiger partial charge in [-0.05, 0) is 45.6 Å². The molecule has 1 unspecified atom stereocenters. The maximum absolute atomic E-state index is 8.83. The molecule has 0 radical (unpaired) electrons. The largest absolute Gasteiger partial charge is 0.451 e. The lowest BCUT2D eigenvalue weighted by Gasteiger charge is -2.36. The lowest BCUT2D eigenvalue weighted by molar-refractivity contribution is 0.124. The van der Waals surface area contributed by atoms with Crippen LogP contribution in [-0.2, 0) is 0 Å². The highest BCUT2D eigenvalue weighted by molar-refractivity contribution is 6.40. The molecule has 0 spiro atoms. The summed E-state index contributed by atoms with van der Waals surface area (Å²) in [5.41, 5.74) is 6.23. The standard InChI is InChI=1S/C15H34BN3O2/c1-3-9-18-11-13-19(14-12-18)10-7-15(2,17)6-4-5-8-16(20)21/h20-21H,3-14,17H2,1-2H3. The maximum Gasteiger partial charge on any atom is 0.451 e. The van der Waals surface area contributed by atoms with Crippen LogP contribution in [0.1, 0.15) is 46.0 Å². The Bertz CT molecular complexity index is 270. The minimum Gasteiger partial charge on any atom is -0.427 e. The highest BCUT2D eigenvalue weighted by Gasteiger charge is 2.22. The number of rotatable bonds is 10. The molecule has 1 aliphatic rings. The van der Waals surface area contributed by atoms with Crippen molar-refractivity contribution in [3.63, 3.8) is 0 Å². The van der Waals surface area contributed by atoms with Crippen molar-refractivity contribution in [2.75, 3.05) is 39.3 Å². The fourth-order valence-corrected chi connectivity index (χ4v) is 2.95. The van der Waals surface area contributed by atoms with E-state index < -0.39 is 7.12 Å². The minimum atomic E-state index is -1.17. The van der Waals surface area contributed by atoms with Crippen molar-refractivity contribution in [1.82, 2.24) is 9.80 Å². The molecule has 1 aliphatic heterocycles. The summed E-state index contributed by atoms with van der Waals surface area (Å²) in [5, 5.41) is 17.7. The molecule has 0 aliphatic carbocycles. The molecule has 1 rings (SSSR count). The summed E-state index contributed by atoms with van der Waals surface area (Å²) in [6.45, 7) is 11.3. The average Bonchev–Trinajstić information content (AvgIpc) is 2.43. The van der Waals surface area contributed by atoms with Gasteiger partial charge in [0.1, 0.15) is 0 Å². The average molecular weight is 299 g/mol. The van der Waals surface area contributed by atoms with Gasteiger partial charge in [0.05, 0.1) is 0 Å². The minimum absolute atomic E-state index is 0.138. The number of piperazine rings is 1. The zero-order valence-electron chi connectivity index (χ0n) is 13.9. The number of hydrogen-bond donors (Lipinski definition) is 3. The second kappa shape index (κ2) is 9.80. The fourth-order valence-electron chi connectivity index (χ4n) is 2.95. The molecule has 0 amide bonds. The Morgan fingerprint density at radius 1 is 1.00 bits per heavy atom. The van der Waals surface area contributed by atoms with E-state index in [0.29, 0.717) is 6.32 Å². The van der Waals surface area contributed by atoms with Gasteiger partial charge in [-0.2, -0.15) is 0 Å². The van der Waals surface area contributed by atoms with E-state index in [4.69, 9.17) is 15.8 Å². The number of nitrogens with zero attached hydrogens (tertiary/aromatic N) is 2. The third-order valence-electron chi connectivity index (χ3n) is 4.46. The monoisotopic (exact) mass is 299 g/mol. The van der Waals surface area contributed by atoms with E-state index >= 15 is 0 Å². The van der Waals surface area contributed by atoms with E-state index in [1.165, 1.54) is 26.1 Å². The molecule has 4 N–H and O–H groups in total. The van der Waals surface area contributed by atoms with E-state index in [1.807, 2.05) is 0 Å². The zero-order chi connectivity index (χ0) is 15.7. The number of unbranched alkanes of at least 4 members (excludes halogenated alkanes) is 1. The molecular formula is C15H34BN3O2. The third-order valence-corrected chi connectivity index (χ3v) is 4.46. The molecule has 0 aromatic heterocycles. The van der Waals surface area contributed by atoms with Crippen molar-refractivity contribution in [1.29, 1.82) is 0 Å². The molecule has 124 valence electrons. The van der Waals surface area contributed by atoms with Crippen LogP contribution in [0, 0.1) is 0 Å². The third kappa shape index (κ3) is 8.78. The molecule has 0 saturated carbocycles. The smallest absolute Gasteiger partial charge is 0.427 e. The fraction of sp³-hybridized carbons (Fsp3) is 1.00. The summed E-state index contributed by atoms with van der Waals surface area (Å²) in [6.07, 6.45) is 5.46. The van der Waals surface area contributed by atoms with Crippen LogP contribution in [-0.4, -0.2) is 71.8 Å². The summed E-state index contributed by atoms with van der Waals surface area (Å²) < 4.78 is 0. The summed E-state index contributed by atoms with van der Waals surface area (Å²) in [6, 6.07) is 0. The van der Waals surface area contributed by atoms with Crippen LogP contribution in [0.25, 0.3) is 0 Å². The Morgan fingerprint density at radius 2 is 1.57 bits per heavy atom. The van der Waals surface area contributed by atoms with Crippen LogP contribution in [0.5, 0.6) is 0 Å². The van der Waals surface area contributed by atoms with Gasteiger partial charge in [-0.25, -0.2) is 0 Å². The first kappa shape index (κ1) is 18.9. The van der Waals surface area contributed by atoms with Crippen molar-refractivity contribution in [2.24, 2.45) is 5.73 Å². The van der Waals surface area contributed by atoms with Gasteiger partial charge < -0.3 is 25.6 Å². The first-order valence-corrected chi connectivity index (χ1v) is 8.52. The molecule has 0 aromatic carbocycles. The van der Waals surface area contributed by atoms with Gasteiger partial charge in [-0.1, -0.05) is 19.8 Å². The highest BCUT2D eigenvalue weighted by atomic mass is 16.4. The molecule has 1 fully saturated rings. The van der Waals surface area contributed by atoms with Crippen molar-refractivity contribution >= 4 is 7.12 Å². The van der Waals surface area contributed by atoms with Gasteiger partial charge >= 0.3 is 7.12 Å². The van der Waals surface area contributed by atoms with E-state index in [9.17, 15) is 0 Å². The van der Waals surface area contributed by atoms with E-state index in [-0.39, 0.29) is 5.54 Å². The van der Waals surface area contributed by atoms with Gasteiger partial charge in [0.2, 0.25) is 0 Å². The lowest BCUT2D eigenvalue weighted by Crippen LogP contribution is -2.48. The molecule has 6 heteroatoms. The van der Waals surface area contributed by atoms with Crippen molar-refractivity contribution in [3.05, 3.63) is 0 Å². The first-order valence-electron chi connectivity index (χ1n) is 8.52. The predicted molar refractivity (Wildman–Crippen MR) is 89.2 cm³/mol. The highest BCUT2D eigenvalue weighted by Crippen LogP contribution is 2.17. The molecule has 0 aromatic rings. The van der Waals surface area contributed by atoms with E-state index in [1.54, 1.807) is 0 Å².